The predicted molar refractivity (Wildman–Crippen MR) is 112 cm³/mol. The Kier molecular flexibility index (Phi) is 7.79. The van der Waals surface area contributed by atoms with Crippen LogP contribution in [0.25, 0.3) is 0 Å². The number of aliphatic hydroxyl groups is 1. The zero-order valence-corrected chi connectivity index (χ0v) is 17.7. The SMILES string of the molecule is CCOC(=O)O[C@H]1COc2cc(C[C@@H](C)NCC(O)c3cccc(Cl)c3)ccc2O1. The summed E-state index contributed by atoms with van der Waals surface area (Å²) in [6, 6.07) is 13.0. The lowest BCUT2D eigenvalue weighted by Crippen LogP contribution is -2.34. The molecule has 2 N–H and O–H groups in total. The van der Waals surface area contributed by atoms with Gasteiger partial charge in [-0.2, -0.15) is 0 Å². The predicted octanol–water partition coefficient (Wildman–Crippen LogP) is 3.86. The zero-order valence-electron chi connectivity index (χ0n) is 17.0. The lowest BCUT2D eigenvalue weighted by molar-refractivity contribution is -0.0962. The largest absolute Gasteiger partial charge is 0.511 e. The second-order valence-corrected chi connectivity index (χ2v) is 7.46. The summed E-state index contributed by atoms with van der Waals surface area (Å²) in [6.07, 6.45) is -1.52. The minimum absolute atomic E-state index is 0.0922. The number of rotatable bonds is 8. The van der Waals surface area contributed by atoms with Crippen molar-refractivity contribution >= 4 is 17.8 Å². The first kappa shape index (κ1) is 22.2. The quantitative estimate of drug-likeness (QED) is 0.609. The van der Waals surface area contributed by atoms with Gasteiger partial charge < -0.3 is 29.4 Å². The first-order valence-electron chi connectivity index (χ1n) is 9.87. The van der Waals surface area contributed by atoms with Gasteiger partial charge in [0.1, 0.15) is 0 Å². The average Bonchev–Trinajstić information content (AvgIpc) is 2.72. The van der Waals surface area contributed by atoms with E-state index in [1.165, 1.54) is 0 Å². The Morgan fingerprint density at radius 1 is 1.30 bits per heavy atom. The average molecular weight is 436 g/mol. The van der Waals surface area contributed by atoms with Gasteiger partial charge in [0.25, 0.3) is 6.29 Å². The zero-order chi connectivity index (χ0) is 21.5. The maximum absolute atomic E-state index is 11.4. The Balaban J connectivity index is 1.50. The molecule has 0 saturated carbocycles. The second-order valence-electron chi connectivity index (χ2n) is 7.02. The van der Waals surface area contributed by atoms with E-state index in [9.17, 15) is 9.90 Å². The van der Waals surface area contributed by atoms with Crippen molar-refractivity contribution in [2.24, 2.45) is 0 Å². The van der Waals surface area contributed by atoms with E-state index in [1.54, 1.807) is 25.1 Å². The molecule has 8 heteroatoms. The summed E-state index contributed by atoms with van der Waals surface area (Å²) in [5.74, 6) is 1.11. The van der Waals surface area contributed by atoms with Crippen molar-refractivity contribution in [1.82, 2.24) is 5.32 Å². The molecule has 0 aromatic heterocycles. The van der Waals surface area contributed by atoms with E-state index >= 15 is 0 Å². The van der Waals surface area contributed by atoms with Gasteiger partial charge in [0, 0.05) is 17.6 Å². The highest BCUT2D eigenvalue weighted by Gasteiger charge is 2.25. The van der Waals surface area contributed by atoms with E-state index in [-0.39, 0.29) is 19.3 Å². The van der Waals surface area contributed by atoms with Crippen molar-refractivity contribution in [3.63, 3.8) is 0 Å². The van der Waals surface area contributed by atoms with E-state index in [0.717, 1.165) is 17.5 Å². The molecular weight excluding hydrogens is 410 g/mol. The fraction of sp³-hybridized carbons (Fsp3) is 0.409. The van der Waals surface area contributed by atoms with E-state index in [4.69, 9.17) is 30.5 Å². The molecule has 1 heterocycles. The van der Waals surface area contributed by atoms with Crippen molar-refractivity contribution in [2.45, 2.75) is 38.7 Å². The second kappa shape index (κ2) is 10.5. The van der Waals surface area contributed by atoms with E-state index in [0.29, 0.717) is 23.1 Å². The van der Waals surface area contributed by atoms with Gasteiger partial charge in [-0.25, -0.2) is 4.79 Å². The standard InChI is InChI=1S/C22H26ClNO6/c1-3-27-22(26)30-21-13-28-20-10-15(7-8-19(20)29-21)9-14(2)24-12-18(25)16-5-4-6-17(23)11-16/h4-8,10-11,14,18,21,24-25H,3,9,12-13H2,1-2H3/t14-,18?,21+/m1/s1. The molecule has 0 bridgehead atoms. The molecule has 3 atom stereocenters. The number of benzene rings is 2. The summed E-state index contributed by atoms with van der Waals surface area (Å²) in [5.41, 5.74) is 1.83. The maximum atomic E-state index is 11.4. The molecule has 3 rings (SSSR count). The molecule has 2 aromatic rings. The molecule has 1 aliphatic heterocycles. The summed E-state index contributed by atoms with van der Waals surface area (Å²) >= 11 is 5.98. The summed E-state index contributed by atoms with van der Waals surface area (Å²) in [4.78, 5) is 11.4. The van der Waals surface area contributed by atoms with Crippen LogP contribution in [0.4, 0.5) is 4.79 Å². The molecule has 1 aliphatic rings. The smallest absolute Gasteiger partial charge is 0.482 e. The lowest BCUT2D eigenvalue weighted by Gasteiger charge is -2.26. The van der Waals surface area contributed by atoms with Gasteiger partial charge in [0.05, 0.1) is 12.7 Å². The van der Waals surface area contributed by atoms with Crippen molar-refractivity contribution in [1.29, 1.82) is 0 Å². The molecule has 0 fully saturated rings. The summed E-state index contributed by atoms with van der Waals surface area (Å²) in [5, 5.41) is 14.3. The van der Waals surface area contributed by atoms with Crippen LogP contribution in [0.1, 0.15) is 31.1 Å². The fourth-order valence-electron chi connectivity index (χ4n) is 3.11. The number of carbonyl (C=O) groups excluding carboxylic acids is 1. The van der Waals surface area contributed by atoms with Gasteiger partial charge in [-0.1, -0.05) is 29.8 Å². The summed E-state index contributed by atoms with van der Waals surface area (Å²) in [7, 11) is 0. The van der Waals surface area contributed by atoms with Crippen molar-refractivity contribution < 1.29 is 28.8 Å². The molecular formula is C22H26ClNO6. The molecule has 0 spiro atoms. The Hall–Kier alpha value is -2.48. The van der Waals surface area contributed by atoms with Crippen LogP contribution in [0.15, 0.2) is 42.5 Å². The van der Waals surface area contributed by atoms with Crippen LogP contribution in [0.3, 0.4) is 0 Å². The first-order chi connectivity index (χ1) is 14.4. The van der Waals surface area contributed by atoms with Crippen LogP contribution in [0.5, 0.6) is 11.5 Å². The molecule has 0 radical (unpaired) electrons. The lowest BCUT2D eigenvalue weighted by atomic mass is 10.1. The van der Waals surface area contributed by atoms with Crippen LogP contribution in [0, 0.1) is 0 Å². The van der Waals surface area contributed by atoms with Crippen molar-refractivity contribution in [3.8, 4) is 11.5 Å². The number of ether oxygens (including phenoxy) is 4. The fourth-order valence-corrected chi connectivity index (χ4v) is 3.31. The molecule has 162 valence electrons. The third kappa shape index (κ3) is 6.26. The number of fused-ring (bicyclic) bond motifs is 1. The highest BCUT2D eigenvalue weighted by molar-refractivity contribution is 6.30. The maximum Gasteiger partial charge on any atom is 0.511 e. The monoisotopic (exact) mass is 435 g/mol. The molecule has 1 unspecified atom stereocenters. The normalized spacial score (nSPS) is 17.1. The van der Waals surface area contributed by atoms with E-state index in [1.807, 2.05) is 31.2 Å². The Morgan fingerprint density at radius 2 is 2.13 bits per heavy atom. The van der Waals surface area contributed by atoms with Crippen LogP contribution in [-0.4, -0.2) is 43.4 Å². The van der Waals surface area contributed by atoms with Crippen molar-refractivity contribution in [2.75, 3.05) is 19.8 Å². The van der Waals surface area contributed by atoms with Crippen molar-refractivity contribution in [3.05, 3.63) is 58.6 Å². The van der Waals surface area contributed by atoms with Crippen LogP contribution in [0.2, 0.25) is 5.02 Å². The highest BCUT2D eigenvalue weighted by atomic mass is 35.5. The van der Waals surface area contributed by atoms with Crippen LogP contribution < -0.4 is 14.8 Å². The molecule has 2 aromatic carbocycles. The topological polar surface area (TPSA) is 86.3 Å². The molecule has 0 aliphatic carbocycles. The summed E-state index contributed by atoms with van der Waals surface area (Å²) < 4.78 is 21.1. The third-order valence-electron chi connectivity index (χ3n) is 4.57. The molecule has 30 heavy (non-hydrogen) atoms. The third-order valence-corrected chi connectivity index (χ3v) is 4.80. The van der Waals surface area contributed by atoms with Gasteiger partial charge in [0.15, 0.2) is 18.1 Å². The van der Waals surface area contributed by atoms with Gasteiger partial charge in [0.2, 0.25) is 0 Å². The van der Waals surface area contributed by atoms with E-state index < -0.39 is 18.5 Å². The number of hydrogen-bond acceptors (Lipinski definition) is 7. The Labute approximate surface area is 180 Å². The molecule has 7 nitrogen and oxygen atoms in total. The van der Waals surface area contributed by atoms with Gasteiger partial charge in [-0.3, -0.25) is 0 Å². The number of nitrogens with one attached hydrogen (secondary N) is 1. The first-order valence-corrected chi connectivity index (χ1v) is 10.2. The number of carbonyl (C=O) groups is 1. The summed E-state index contributed by atoms with van der Waals surface area (Å²) in [6.45, 7) is 4.48. The minimum atomic E-state index is -0.837. The van der Waals surface area contributed by atoms with E-state index in [2.05, 4.69) is 5.32 Å². The minimum Gasteiger partial charge on any atom is -0.482 e. The van der Waals surface area contributed by atoms with Gasteiger partial charge >= 0.3 is 6.16 Å². The number of aliphatic hydroxyl groups excluding tert-OH is 1. The molecule has 0 amide bonds. The number of hydrogen-bond donors (Lipinski definition) is 2. The Morgan fingerprint density at radius 3 is 2.90 bits per heavy atom. The van der Waals surface area contributed by atoms with Crippen LogP contribution in [-0.2, 0) is 15.9 Å². The van der Waals surface area contributed by atoms with Crippen LogP contribution >= 0.6 is 11.6 Å². The number of halogens is 1. The highest BCUT2D eigenvalue weighted by Crippen LogP contribution is 2.33. The van der Waals surface area contributed by atoms with Gasteiger partial charge in [-0.15, -0.1) is 0 Å². The Bertz CT molecular complexity index is 861. The molecule has 0 saturated heterocycles. The van der Waals surface area contributed by atoms with Gasteiger partial charge in [-0.05, 0) is 55.7 Å².